The van der Waals surface area contributed by atoms with Gasteiger partial charge in [0.1, 0.15) is 23.2 Å². The summed E-state index contributed by atoms with van der Waals surface area (Å²) in [5.74, 6) is -0.0794. The number of hydrogen-bond acceptors (Lipinski definition) is 5. The van der Waals surface area contributed by atoms with E-state index in [1.54, 1.807) is 54.6 Å². The molecule has 0 bridgehead atoms. The Labute approximate surface area is 178 Å². The normalized spacial score (nSPS) is 10.9. The van der Waals surface area contributed by atoms with E-state index in [9.17, 15) is 14.9 Å². The fourth-order valence-corrected chi connectivity index (χ4v) is 2.91. The summed E-state index contributed by atoms with van der Waals surface area (Å²) in [5, 5.41) is 12.5. The van der Waals surface area contributed by atoms with Gasteiger partial charge in [-0.1, -0.05) is 17.7 Å². The number of anilines is 1. The number of nitrogens with zero attached hydrogens (tertiary/aromatic N) is 1. The highest BCUT2D eigenvalue weighted by Gasteiger charge is 2.14. The molecule has 1 aromatic heterocycles. The zero-order valence-electron chi connectivity index (χ0n) is 16.2. The maximum absolute atomic E-state index is 12.4. The van der Waals surface area contributed by atoms with Gasteiger partial charge in [0.05, 0.1) is 12.7 Å². The van der Waals surface area contributed by atoms with Crippen LogP contribution in [0.1, 0.15) is 21.7 Å². The standard InChI is InChI=1S/C23H17ClN2O4/c1-14-11-15(23(28)29-2)3-9-20(14)21-10-8-19(30-21)12-16(13-25)22(27)26-18-6-4-17(24)5-7-18/h3-12H,1-2H3,(H,26,27)/b16-12-. The van der Waals surface area contributed by atoms with Crippen LogP contribution < -0.4 is 5.32 Å². The second-order valence-corrected chi connectivity index (χ2v) is 6.79. The van der Waals surface area contributed by atoms with E-state index in [4.69, 9.17) is 20.8 Å². The Bertz CT molecular complexity index is 1170. The van der Waals surface area contributed by atoms with Crippen molar-refractivity contribution < 1.29 is 18.7 Å². The molecule has 0 fully saturated rings. The molecular formula is C23H17ClN2O4. The first-order chi connectivity index (χ1) is 14.4. The number of methoxy groups -OCH3 is 1. The Morgan fingerprint density at radius 2 is 1.87 bits per heavy atom. The van der Waals surface area contributed by atoms with Gasteiger partial charge in [-0.15, -0.1) is 0 Å². The number of aryl methyl sites for hydroxylation is 1. The molecule has 2 aromatic carbocycles. The second kappa shape index (κ2) is 9.12. The van der Waals surface area contributed by atoms with Gasteiger partial charge in [0.25, 0.3) is 5.91 Å². The van der Waals surface area contributed by atoms with Crippen LogP contribution in [0.2, 0.25) is 5.02 Å². The molecule has 0 saturated carbocycles. The van der Waals surface area contributed by atoms with Gasteiger partial charge in [-0.3, -0.25) is 4.79 Å². The lowest BCUT2D eigenvalue weighted by molar-refractivity contribution is -0.112. The molecule has 0 unspecified atom stereocenters. The van der Waals surface area contributed by atoms with Crippen LogP contribution in [-0.4, -0.2) is 19.0 Å². The van der Waals surface area contributed by atoms with Crippen LogP contribution in [0.25, 0.3) is 17.4 Å². The third-order valence-electron chi connectivity index (χ3n) is 4.29. The summed E-state index contributed by atoms with van der Waals surface area (Å²) in [4.78, 5) is 24.0. The number of halogens is 1. The maximum Gasteiger partial charge on any atom is 0.337 e. The van der Waals surface area contributed by atoms with Gasteiger partial charge in [0, 0.05) is 22.3 Å². The van der Waals surface area contributed by atoms with E-state index in [1.165, 1.54) is 13.2 Å². The third kappa shape index (κ3) is 4.77. The summed E-state index contributed by atoms with van der Waals surface area (Å²) >= 11 is 5.83. The van der Waals surface area contributed by atoms with Crippen molar-refractivity contribution in [1.29, 1.82) is 5.26 Å². The molecule has 1 amide bonds. The molecule has 0 aliphatic heterocycles. The number of esters is 1. The minimum Gasteiger partial charge on any atom is -0.465 e. The van der Waals surface area contributed by atoms with Gasteiger partial charge in [-0.05, 0) is 61.0 Å². The van der Waals surface area contributed by atoms with E-state index in [0.29, 0.717) is 27.8 Å². The molecule has 3 rings (SSSR count). The average Bonchev–Trinajstić information content (AvgIpc) is 3.21. The summed E-state index contributed by atoms with van der Waals surface area (Å²) in [6, 6.07) is 16.9. The molecule has 1 heterocycles. The Morgan fingerprint density at radius 3 is 2.50 bits per heavy atom. The number of amides is 1. The first-order valence-electron chi connectivity index (χ1n) is 8.89. The van der Waals surface area contributed by atoms with E-state index >= 15 is 0 Å². The van der Waals surface area contributed by atoms with Crippen molar-refractivity contribution >= 4 is 35.2 Å². The lowest BCUT2D eigenvalue weighted by Crippen LogP contribution is -2.13. The van der Waals surface area contributed by atoms with Crippen molar-refractivity contribution in [3.05, 3.63) is 82.1 Å². The van der Waals surface area contributed by atoms with Crippen molar-refractivity contribution in [3.8, 4) is 17.4 Å². The van der Waals surface area contributed by atoms with Crippen molar-refractivity contribution in [1.82, 2.24) is 0 Å². The molecule has 6 nitrogen and oxygen atoms in total. The van der Waals surface area contributed by atoms with Crippen molar-refractivity contribution in [3.63, 3.8) is 0 Å². The maximum atomic E-state index is 12.4. The van der Waals surface area contributed by atoms with Crippen molar-refractivity contribution in [2.45, 2.75) is 6.92 Å². The van der Waals surface area contributed by atoms with Gasteiger partial charge in [-0.25, -0.2) is 4.79 Å². The highest BCUT2D eigenvalue weighted by molar-refractivity contribution is 6.30. The first-order valence-corrected chi connectivity index (χ1v) is 9.27. The SMILES string of the molecule is COC(=O)c1ccc(-c2ccc(/C=C(/C#N)C(=O)Nc3ccc(Cl)cc3)o2)c(C)c1. The summed E-state index contributed by atoms with van der Waals surface area (Å²) in [5.41, 5.74) is 2.46. The van der Waals surface area contributed by atoms with Crippen LogP contribution in [0.4, 0.5) is 5.69 Å². The quantitative estimate of drug-likeness (QED) is 0.346. The van der Waals surface area contributed by atoms with E-state index in [-0.39, 0.29) is 5.57 Å². The predicted octanol–water partition coefficient (Wildman–Crippen LogP) is 5.24. The van der Waals surface area contributed by atoms with Gasteiger partial charge in [0.2, 0.25) is 0 Å². The summed E-state index contributed by atoms with van der Waals surface area (Å²) in [7, 11) is 1.33. The molecule has 1 N–H and O–H groups in total. The van der Waals surface area contributed by atoms with Crippen LogP contribution in [0.15, 0.2) is 64.6 Å². The van der Waals surface area contributed by atoms with Crippen LogP contribution in [-0.2, 0) is 9.53 Å². The van der Waals surface area contributed by atoms with Crippen LogP contribution in [0.5, 0.6) is 0 Å². The number of carbonyl (C=O) groups is 2. The molecule has 150 valence electrons. The molecule has 3 aromatic rings. The largest absolute Gasteiger partial charge is 0.465 e. The fourth-order valence-electron chi connectivity index (χ4n) is 2.78. The molecule has 0 aliphatic carbocycles. The van der Waals surface area contributed by atoms with E-state index in [1.807, 2.05) is 13.0 Å². The highest BCUT2D eigenvalue weighted by Crippen LogP contribution is 2.27. The number of nitrogens with one attached hydrogen (secondary N) is 1. The Morgan fingerprint density at radius 1 is 1.13 bits per heavy atom. The monoisotopic (exact) mass is 420 g/mol. The topological polar surface area (TPSA) is 92.3 Å². The summed E-state index contributed by atoms with van der Waals surface area (Å²) in [6.07, 6.45) is 1.37. The van der Waals surface area contributed by atoms with Gasteiger partial charge >= 0.3 is 5.97 Å². The molecule has 7 heteroatoms. The number of benzene rings is 2. The van der Waals surface area contributed by atoms with Gasteiger partial charge in [-0.2, -0.15) is 5.26 Å². The molecule has 0 radical (unpaired) electrons. The molecule has 0 spiro atoms. The van der Waals surface area contributed by atoms with Gasteiger partial charge in [0.15, 0.2) is 0 Å². The minimum absolute atomic E-state index is 0.108. The van der Waals surface area contributed by atoms with E-state index in [2.05, 4.69) is 5.32 Å². The van der Waals surface area contributed by atoms with Crippen LogP contribution in [0, 0.1) is 18.3 Å². The number of ether oxygens (including phenoxy) is 1. The number of rotatable bonds is 5. The van der Waals surface area contributed by atoms with Crippen molar-refractivity contribution in [2.75, 3.05) is 12.4 Å². The van der Waals surface area contributed by atoms with E-state index < -0.39 is 11.9 Å². The van der Waals surface area contributed by atoms with Crippen molar-refractivity contribution in [2.24, 2.45) is 0 Å². The number of nitriles is 1. The number of hydrogen-bond donors (Lipinski definition) is 1. The molecule has 0 saturated heterocycles. The number of carbonyl (C=O) groups excluding carboxylic acids is 2. The van der Waals surface area contributed by atoms with Crippen LogP contribution >= 0.6 is 11.6 Å². The van der Waals surface area contributed by atoms with Crippen LogP contribution in [0.3, 0.4) is 0 Å². The zero-order chi connectivity index (χ0) is 21.7. The second-order valence-electron chi connectivity index (χ2n) is 6.35. The highest BCUT2D eigenvalue weighted by atomic mass is 35.5. The molecule has 0 aliphatic rings. The lowest BCUT2D eigenvalue weighted by atomic mass is 10.0. The average molecular weight is 421 g/mol. The zero-order valence-corrected chi connectivity index (χ0v) is 17.0. The molecular weight excluding hydrogens is 404 g/mol. The lowest BCUT2D eigenvalue weighted by Gasteiger charge is -2.05. The first kappa shape index (κ1) is 20.9. The summed E-state index contributed by atoms with van der Waals surface area (Å²) < 4.78 is 10.5. The van der Waals surface area contributed by atoms with Gasteiger partial charge < -0.3 is 14.5 Å². The Balaban J connectivity index is 1.81. The minimum atomic E-state index is -0.559. The molecule has 30 heavy (non-hydrogen) atoms. The molecule has 0 atom stereocenters. The Kier molecular flexibility index (Phi) is 6.35. The smallest absolute Gasteiger partial charge is 0.337 e. The predicted molar refractivity (Wildman–Crippen MR) is 114 cm³/mol. The third-order valence-corrected chi connectivity index (χ3v) is 4.55. The van der Waals surface area contributed by atoms with E-state index in [0.717, 1.165) is 11.1 Å². The number of furan rings is 1. The fraction of sp³-hybridized carbons (Fsp3) is 0.0870. The summed E-state index contributed by atoms with van der Waals surface area (Å²) in [6.45, 7) is 1.85. The Hall–Kier alpha value is -3.82.